The number of fused-ring (bicyclic) bond motifs is 1. The van der Waals surface area contributed by atoms with Crippen molar-refractivity contribution in [3.8, 4) is 11.8 Å². The highest BCUT2D eigenvalue weighted by atomic mass is 16.7. The summed E-state index contributed by atoms with van der Waals surface area (Å²) in [7, 11) is 0. The molecule has 2 atom stereocenters. The van der Waals surface area contributed by atoms with E-state index in [9.17, 15) is 38.8 Å². The fourth-order valence-corrected chi connectivity index (χ4v) is 6.48. The lowest BCUT2D eigenvalue weighted by Crippen LogP contribution is -2.46. The van der Waals surface area contributed by atoms with Gasteiger partial charge in [-0.3, -0.25) is 33.6 Å². The molecule has 1 aromatic carbocycles. The van der Waals surface area contributed by atoms with Crippen LogP contribution in [0.15, 0.2) is 36.7 Å². The molecule has 0 unspecified atom stereocenters. The number of ether oxygens (including phenoxy) is 2. The van der Waals surface area contributed by atoms with Crippen LogP contribution in [0.4, 0.5) is 4.79 Å². The first-order valence-corrected chi connectivity index (χ1v) is 19.9. The summed E-state index contributed by atoms with van der Waals surface area (Å²) in [5.41, 5.74) is 0.706. The average Bonchev–Trinajstić information content (AvgIpc) is 3.96. The van der Waals surface area contributed by atoms with E-state index in [1.54, 1.807) is 55.9 Å². The molecule has 3 N–H and O–H groups in total. The highest BCUT2D eigenvalue weighted by Gasteiger charge is 2.36. The normalized spacial score (nSPS) is 15.7. The first-order chi connectivity index (χ1) is 28.7. The van der Waals surface area contributed by atoms with E-state index < -0.39 is 47.5 Å². The number of alkyl carbamates (subject to hydrolysis) is 1. The van der Waals surface area contributed by atoms with Crippen LogP contribution in [0.2, 0.25) is 0 Å². The first-order valence-electron chi connectivity index (χ1n) is 19.9. The largest absolute Gasteiger partial charge is 0.494 e. The zero-order valence-electron chi connectivity index (χ0n) is 33.9. The van der Waals surface area contributed by atoms with Gasteiger partial charge in [-0.2, -0.15) is 5.26 Å². The van der Waals surface area contributed by atoms with E-state index in [1.165, 1.54) is 11.1 Å². The lowest BCUT2D eigenvalue weighted by atomic mass is 10.1. The van der Waals surface area contributed by atoms with Crippen LogP contribution >= 0.6 is 0 Å². The van der Waals surface area contributed by atoms with Gasteiger partial charge in [-0.1, -0.05) is 5.21 Å². The topological polar surface area (TPSA) is 257 Å². The molecular formula is C40H50N10O10. The number of rotatable bonds is 19. The standard InChI is InChI=1S/C40H50N10O10/c1-40(2,3)59-39(57)45-32(38(56)60-50-34(52)14-15-35(50)53)9-4-5-19-48-25-26(46-47-48)10-13-33(51)43-17-7-21-58-28-11-12-31-30(22-28)29(16-18-42-31)37(55)44-24-36(54)49-20-6-8-27(49)23-41/h11-12,16,18,22,25,27,32H,4-10,13-15,17,19-21,24H2,1-3H3,(H,43,51)(H,44,55)(H,45,57)/t27-,32-/m0/s1. The zero-order valence-corrected chi connectivity index (χ0v) is 33.9. The first kappa shape index (κ1) is 44.5. The van der Waals surface area contributed by atoms with Gasteiger partial charge >= 0.3 is 12.1 Å². The molecule has 60 heavy (non-hydrogen) atoms. The Labute approximate surface area is 346 Å². The summed E-state index contributed by atoms with van der Waals surface area (Å²) in [4.78, 5) is 98.2. The van der Waals surface area contributed by atoms with Gasteiger partial charge < -0.3 is 35.2 Å². The minimum atomic E-state index is -1.17. The van der Waals surface area contributed by atoms with Crippen LogP contribution in [0.5, 0.6) is 5.75 Å². The maximum absolute atomic E-state index is 13.0. The third-order valence-electron chi connectivity index (χ3n) is 9.48. The van der Waals surface area contributed by atoms with Crippen molar-refractivity contribution in [1.29, 1.82) is 5.26 Å². The van der Waals surface area contributed by atoms with Crippen LogP contribution in [-0.4, -0.2) is 115 Å². The van der Waals surface area contributed by atoms with E-state index in [0.29, 0.717) is 91.3 Å². The van der Waals surface area contributed by atoms with Crippen molar-refractivity contribution in [2.45, 2.75) is 109 Å². The number of unbranched alkanes of at least 4 members (excludes halogenated alkanes) is 1. The summed E-state index contributed by atoms with van der Waals surface area (Å²) >= 11 is 0. The number of hydrogen-bond donors (Lipinski definition) is 3. The number of nitrogens with zero attached hydrogens (tertiary/aromatic N) is 7. The lowest BCUT2D eigenvalue weighted by molar-refractivity contribution is -0.199. The molecule has 0 saturated carbocycles. The minimum absolute atomic E-state index is 0.0600. The third kappa shape index (κ3) is 12.9. The molecule has 2 aliphatic heterocycles. The van der Waals surface area contributed by atoms with Crippen LogP contribution < -0.4 is 20.7 Å². The molecule has 2 fully saturated rings. The summed E-state index contributed by atoms with van der Waals surface area (Å²) in [6, 6.07) is 7.23. The predicted molar refractivity (Wildman–Crippen MR) is 210 cm³/mol. The Morgan fingerprint density at radius 1 is 1.03 bits per heavy atom. The van der Waals surface area contributed by atoms with Crippen molar-refractivity contribution in [2.24, 2.45) is 0 Å². The predicted octanol–water partition coefficient (Wildman–Crippen LogP) is 2.26. The Bertz CT molecular complexity index is 2090. The van der Waals surface area contributed by atoms with Crippen molar-refractivity contribution >= 4 is 52.5 Å². The molecule has 20 nitrogen and oxygen atoms in total. The third-order valence-corrected chi connectivity index (χ3v) is 9.48. The van der Waals surface area contributed by atoms with Gasteiger partial charge in [0.05, 0.1) is 36.0 Å². The molecule has 20 heteroatoms. The minimum Gasteiger partial charge on any atom is -0.494 e. The number of amides is 6. The molecule has 4 heterocycles. The monoisotopic (exact) mass is 830 g/mol. The number of nitrogens with one attached hydrogen (secondary N) is 3. The van der Waals surface area contributed by atoms with Crippen molar-refractivity contribution in [1.82, 2.24) is 45.9 Å². The number of pyridine rings is 1. The smallest absolute Gasteiger partial charge is 0.408 e. The van der Waals surface area contributed by atoms with Gasteiger partial charge in [0.25, 0.3) is 17.7 Å². The van der Waals surface area contributed by atoms with Crippen molar-refractivity contribution in [2.75, 3.05) is 26.2 Å². The Balaban J connectivity index is 0.992. The molecule has 0 aliphatic carbocycles. The number of likely N-dealkylation sites (tertiary alicyclic amines) is 1. The second-order valence-electron chi connectivity index (χ2n) is 15.3. The Morgan fingerprint density at radius 2 is 1.82 bits per heavy atom. The van der Waals surface area contributed by atoms with E-state index in [1.807, 2.05) is 0 Å². The average molecular weight is 831 g/mol. The molecule has 3 aromatic rings. The Kier molecular flexibility index (Phi) is 15.5. The van der Waals surface area contributed by atoms with E-state index in [0.717, 1.165) is 6.42 Å². The maximum Gasteiger partial charge on any atom is 0.408 e. The number of aryl methyl sites for hydroxylation is 2. The number of carbonyl (C=O) groups is 7. The summed E-state index contributed by atoms with van der Waals surface area (Å²) in [5.74, 6) is -2.63. The number of imide groups is 1. The van der Waals surface area contributed by atoms with Crippen LogP contribution in [0.3, 0.4) is 0 Å². The number of nitriles is 1. The Morgan fingerprint density at radius 3 is 2.57 bits per heavy atom. The van der Waals surface area contributed by atoms with E-state index >= 15 is 0 Å². The highest BCUT2D eigenvalue weighted by Crippen LogP contribution is 2.23. The number of hydroxylamine groups is 2. The van der Waals surface area contributed by atoms with Gasteiger partial charge in [-0.05, 0) is 83.6 Å². The second kappa shape index (κ2) is 20.9. The molecule has 2 aliphatic rings. The van der Waals surface area contributed by atoms with Gasteiger partial charge in [0, 0.05) is 63.1 Å². The zero-order chi connectivity index (χ0) is 43.2. The van der Waals surface area contributed by atoms with Gasteiger partial charge in [-0.15, -0.1) is 10.2 Å². The van der Waals surface area contributed by atoms with Gasteiger partial charge in [0.2, 0.25) is 11.8 Å². The molecule has 5 rings (SSSR count). The molecule has 320 valence electrons. The van der Waals surface area contributed by atoms with Crippen LogP contribution in [0, 0.1) is 11.3 Å². The molecule has 2 aromatic heterocycles. The highest BCUT2D eigenvalue weighted by molar-refractivity contribution is 6.07. The van der Waals surface area contributed by atoms with Gasteiger partial charge in [0.1, 0.15) is 23.4 Å². The number of carbonyl (C=O) groups excluding carboxylic acids is 7. The molecule has 0 bridgehead atoms. The van der Waals surface area contributed by atoms with Gasteiger partial charge in [-0.25, -0.2) is 9.59 Å². The SMILES string of the molecule is CC(C)(C)OC(=O)N[C@@H](CCCCn1cc(CCC(=O)NCCCOc2ccc3nccc(C(=O)NCC(=O)N4CCC[C@H]4C#N)c3c2)nn1)C(=O)ON1C(=O)CCC1=O. The fraction of sp³-hybridized carbons (Fsp3) is 0.525. The molecule has 6 amide bonds. The molecule has 0 radical (unpaired) electrons. The number of aromatic nitrogens is 4. The summed E-state index contributed by atoms with van der Waals surface area (Å²) < 4.78 is 12.8. The summed E-state index contributed by atoms with van der Waals surface area (Å²) in [6.45, 7) is 6.38. The molecular weight excluding hydrogens is 780 g/mol. The van der Waals surface area contributed by atoms with Crippen LogP contribution in [-0.2, 0) is 46.5 Å². The summed E-state index contributed by atoms with van der Waals surface area (Å²) in [5, 5.41) is 26.5. The van der Waals surface area contributed by atoms with Crippen molar-refractivity contribution in [3.05, 3.63) is 47.9 Å². The number of benzene rings is 1. The fourth-order valence-electron chi connectivity index (χ4n) is 6.48. The lowest BCUT2D eigenvalue weighted by Gasteiger charge is -2.23. The van der Waals surface area contributed by atoms with Crippen molar-refractivity contribution in [3.63, 3.8) is 0 Å². The van der Waals surface area contributed by atoms with E-state index in [-0.39, 0.29) is 44.0 Å². The van der Waals surface area contributed by atoms with Gasteiger partial charge in [0.15, 0.2) is 0 Å². The number of hydrogen-bond acceptors (Lipinski definition) is 14. The quantitative estimate of drug-likeness (QED) is 0.116. The van der Waals surface area contributed by atoms with Crippen LogP contribution in [0.25, 0.3) is 10.9 Å². The van der Waals surface area contributed by atoms with E-state index in [4.69, 9.17) is 14.3 Å². The molecule has 2 saturated heterocycles. The van der Waals surface area contributed by atoms with Crippen LogP contribution in [0.1, 0.15) is 94.6 Å². The maximum atomic E-state index is 13.0. The molecule has 0 spiro atoms. The second-order valence-corrected chi connectivity index (χ2v) is 15.3. The Hall–Kier alpha value is -6.65. The summed E-state index contributed by atoms with van der Waals surface area (Å²) in [6.07, 6.45) is 5.82. The van der Waals surface area contributed by atoms with Crippen molar-refractivity contribution < 1.29 is 47.9 Å². The van der Waals surface area contributed by atoms with E-state index in [2.05, 4.69) is 37.3 Å².